The van der Waals surface area contributed by atoms with E-state index in [1.165, 1.54) is 5.00 Å². The maximum Gasteiger partial charge on any atom is 0.191 e. The van der Waals surface area contributed by atoms with Crippen molar-refractivity contribution in [3.05, 3.63) is 52.7 Å². The highest BCUT2D eigenvalue weighted by Crippen LogP contribution is 2.24. The maximum absolute atomic E-state index is 14.0. The molecular formula is C22H32FN5S. The number of halogens is 1. The third-order valence-corrected chi connectivity index (χ3v) is 5.94. The number of rotatable bonds is 7. The molecule has 1 aliphatic rings. The van der Waals surface area contributed by atoms with Gasteiger partial charge in [0.1, 0.15) is 5.82 Å². The van der Waals surface area contributed by atoms with Crippen molar-refractivity contribution in [1.29, 1.82) is 0 Å². The number of hydrogen-bond donors (Lipinski definition) is 2. The van der Waals surface area contributed by atoms with Gasteiger partial charge in [0.15, 0.2) is 5.96 Å². The van der Waals surface area contributed by atoms with E-state index in [1.807, 2.05) is 31.1 Å². The van der Waals surface area contributed by atoms with Crippen molar-refractivity contribution in [2.24, 2.45) is 4.99 Å². The second-order valence-corrected chi connectivity index (χ2v) is 8.64. The minimum Gasteiger partial charge on any atom is -0.363 e. The van der Waals surface area contributed by atoms with Crippen LogP contribution in [0.25, 0.3) is 0 Å². The van der Waals surface area contributed by atoms with Gasteiger partial charge in [-0.05, 0) is 69.1 Å². The van der Waals surface area contributed by atoms with Crippen molar-refractivity contribution >= 4 is 22.3 Å². The van der Waals surface area contributed by atoms with Crippen molar-refractivity contribution in [1.82, 2.24) is 15.5 Å². The molecule has 2 heterocycles. The molecular weight excluding hydrogens is 385 g/mol. The molecule has 2 N–H and O–H groups in total. The summed E-state index contributed by atoms with van der Waals surface area (Å²) in [5.41, 5.74) is 1.73. The van der Waals surface area contributed by atoms with Crippen molar-refractivity contribution in [3.8, 4) is 0 Å². The largest absolute Gasteiger partial charge is 0.363 e. The van der Waals surface area contributed by atoms with E-state index in [9.17, 15) is 4.39 Å². The first-order chi connectivity index (χ1) is 14.0. The number of hydrogen-bond acceptors (Lipinski definition) is 4. The molecule has 3 rings (SSSR count). The lowest BCUT2D eigenvalue weighted by atomic mass is 10.1. The van der Waals surface area contributed by atoms with Crippen LogP contribution in [0.5, 0.6) is 0 Å². The van der Waals surface area contributed by atoms with Crippen LogP contribution in [0, 0.1) is 5.82 Å². The lowest BCUT2D eigenvalue weighted by Crippen LogP contribution is -2.48. The zero-order valence-electron chi connectivity index (χ0n) is 17.6. The summed E-state index contributed by atoms with van der Waals surface area (Å²) in [7, 11) is 3.89. The van der Waals surface area contributed by atoms with E-state index in [-0.39, 0.29) is 5.82 Å². The molecule has 0 unspecified atom stereocenters. The van der Waals surface area contributed by atoms with Gasteiger partial charge in [0.25, 0.3) is 0 Å². The third kappa shape index (κ3) is 6.44. The molecule has 158 valence electrons. The summed E-state index contributed by atoms with van der Waals surface area (Å²) in [6, 6.07) is 10.0. The van der Waals surface area contributed by atoms with Gasteiger partial charge in [-0.25, -0.2) is 9.38 Å². The van der Waals surface area contributed by atoms with Gasteiger partial charge in [0, 0.05) is 37.8 Å². The van der Waals surface area contributed by atoms with Crippen LogP contribution in [0.1, 0.15) is 30.9 Å². The predicted molar refractivity (Wildman–Crippen MR) is 121 cm³/mol. The Hall–Kier alpha value is -2.12. The monoisotopic (exact) mass is 417 g/mol. The number of thiophene rings is 1. The van der Waals surface area contributed by atoms with Crippen LogP contribution in [0.2, 0.25) is 0 Å². The maximum atomic E-state index is 14.0. The highest BCUT2D eigenvalue weighted by molar-refractivity contribution is 7.14. The SMILES string of the molecule is CCNC(=NCc1ccc(F)c(CN(C)C)c1)NC1CCN(c2cccs2)CC1. The second kappa shape index (κ2) is 10.6. The van der Waals surface area contributed by atoms with E-state index < -0.39 is 0 Å². The highest BCUT2D eigenvalue weighted by Gasteiger charge is 2.20. The second-order valence-electron chi connectivity index (χ2n) is 7.72. The number of nitrogens with one attached hydrogen (secondary N) is 2. The number of anilines is 1. The lowest BCUT2D eigenvalue weighted by Gasteiger charge is -2.33. The average molecular weight is 418 g/mol. The summed E-state index contributed by atoms with van der Waals surface area (Å²) >= 11 is 1.80. The summed E-state index contributed by atoms with van der Waals surface area (Å²) in [5, 5.41) is 10.4. The van der Waals surface area contributed by atoms with Gasteiger partial charge in [-0.15, -0.1) is 11.3 Å². The highest BCUT2D eigenvalue weighted by atomic mass is 32.1. The summed E-state index contributed by atoms with van der Waals surface area (Å²) in [4.78, 5) is 9.17. The van der Waals surface area contributed by atoms with Crippen molar-refractivity contribution in [3.63, 3.8) is 0 Å². The number of benzene rings is 1. The van der Waals surface area contributed by atoms with E-state index in [0.717, 1.165) is 44.0 Å². The lowest BCUT2D eigenvalue weighted by molar-refractivity contribution is 0.392. The molecule has 0 radical (unpaired) electrons. The molecule has 1 aromatic carbocycles. The molecule has 0 amide bonds. The Morgan fingerprint density at radius 3 is 2.72 bits per heavy atom. The molecule has 0 saturated carbocycles. The van der Waals surface area contributed by atoms with Crippen LogP contribution in [-0.4, -0.2) is 50.6 Å². The quantitative estimate of drug-likeness (QED) is 0.533. The predicted octanol–water partition coefficient (Wildman–Crippen LogP) is 3.67. The molecule has 2 aromatic rings. The molecule has 1 aliphatic heterocycles. The Balaban J connectivity index is 1.57. The number of aliphatic imine (C=N–C) groups is 1. The van der Waals surface area contributed by atoms with Crippen molar-refractivity contribution < 1.29 is 4.39 Å². The minimum absolute atomic E-state index is 0.158. The summed E-state index contributed by atoms with van der Waals surface area (Å²) < 4.78 is 14.0. The van der Waals surface area contributed by atoms with Crippen LogP contribution in [-0.2, 0) is 13.1 Å². The molecule has 1 aromatic heterocycles. The Kier molecular flexibility index (Phi) is 7.89. The fourth-order valence-corrected chi connectivity index (χ4v) is 4.35. The molecule has 5 nitrogen and oxygen atoms in total. The Morgan fingerprint density at radius 2 is 2.07 bits per heavy atom. The number of guanidine groups is 1. The molecule has 0 aliphatic carbocycles. The van der Waals surface area contributed by atoms with Crippen LogP contribution in [0.3, 0.4) is 0 Å². The zero-order chi connectivity index (χ0) is 20.6. The Labute approximate surface area is 177 Å². The first kappa shape index (κ1) is 21.6. The third-order valence-electron chi connectivity index (χ3n) is 5.01. The van der Waals surface area contributed by atoms with E-state index in [2.05, 4.69) is 40.0 Å². The summed E-state index contributed by atoms with van der Waals surface area (Å²) in [5.74, 6) is 0.675. The van der Waals surface area contributed by atoms with Gasteiger partial charge < -0.3 is 20.4 Å². The molecule has 29 heavy (non-hydrogen) atoms. The first-order valence-corrected chi connectivity index (χ1v) is 11.2. The molecule has 7 heteroatoms. The molecule has 0 spiro atoms. The summed E-state index contributed by atoms with van der Waals surface area (Å²) in [6.07, 6.45) is 2.18. The van der Waals surface area contributed by atoms with Crippen LogP contribution in [0.15, 0.2) is 40.7 Å². The topological polar surface area (TPSA) is 42.9 Å². The van der Waals surface area contributed by atoms with E-state index >= 15 is 0 Å². The van der Waals surface area contributed by atoms with Gasteiger partial charge >= 0.3 is 0 Å². The van der Waals surface area contributed by atoms with Gasteiger partial charge in [-0.2, -0.15) is 0 Å². The van der Waals surface area contributed by atoms with Crippen molar-refractivity contribution in [2.75, 3.05) is 38.6 Å². The van der Waals surface area contributed by atoms with Gasteiger partial charge in [0.2, 0.25) is 0 Å². The fraction of sp³-hybridized carbons (Fsp3) is 0.500. The minimum atomic E-state index is -0.158. The smallest absolute Gasteiger partial charge is 0.191 e. The van der Waals surface area contributed by atoms with E-state index in [0.29, 0.717) is 24.7 Å². The summed E-state index contributed by atoms with van der Waals surface area (Å²) in [6.45, 7) is 6.13. The van der Waals surface area contributed by atoms with Crippen LogP contribution in [0.4, 0.5) is 9.39 Å². The van der Waals surface area contributed by atoms with Gasteiger partial charge in [-0.1, -0.05) is 6.07 Å². The van der Waals surface area contributed by atoms with Gasteiger partial charge in [0.05, 0.1) is 11.5 Å². The number of nitrogens with zero attached hydrogens (tertiary/aromatic N) is 3. The normalized spacial score (nSPS) is 15.8. The molecule has 1 saturated heterocycles. The zero-order valence-corrected chi connectivity index (χ0v) is 18.4. The van der Waals surface area contributed by atoms with Crippen LogP contribution >= 0.6 is 11.3 Å². The van der Waals surface area contributed by atoms with E-state index in [4.69, 9.17) is 4.99 Å². The molecule has 0 atom stereocenters. The van der Waals surface area contributed by atoms with Crippen LogP contribution < -0.4 is 15.5 Å². The average Bonchev–Trinajstić information content (AvgIpc) is 3.23. The van der Waals surface area contributed by atoms with E-state index in [1.54, 1.807) is 17.4 Å². The Bertz CT molecular complexity index is 783. The molecule has 0 bridgehead atoms. The molecule has 1 fully saturated rings. The van der Waals surface area contributed by atoms with Crippen molar-refractivity contribution in [2.45, 2.75) is 38.9 Å². The number of piperidine rings is 1. The fourth-order valence-electron chi connectivity index (χ4n) is 3.57. The Morgan fingerprint density at radius 1 is 1.28 bits per heavy atom. The first-order valence-electron chi connectivity index (χ1n) is 10.3. The van der Waals surface area contributed by atoms with Gasteiger partial charge in [-0.3, -0.25) is 0 Å². The standard InChI is InChI=1S/C22H32FN5S/c1-4-24-22(25-15-17-7-8-20(23)18(14-17)16-27(2)3)26-19-9-11-28(12-10-19)21-6-5-13-29-21/h5-8,13-14,19H,4,9-12,15-16H2,1-3H3,(H2,24,25,26).